The summed E-state index contributed by atoms with van der Waals surface area (Å²) in [5.41, 5.74) is 2.86. The van der Waals surface area contributed by atoms with E-state index in [-0.39, 0.29) is 18.6 Å². The minimum Gasteiger partial charge on any atom is -0.454 e. The second-order valence-corrected chi connectivity index (χ2v) is 9.05. The predicted molar refractivity (Wildman–Crippen MR) is 125 cm³/mol. The van der Waals surface area contributed by atoms with Gasteiger partial charge in [-0.1, -0.05) is 47.7 Å². The van der Waals surface area contributed by atoms with Crippen LogP contribution in [-0.4, -0.2) is 35.5 Å². The fourth-order valence-corrected chi connectivity index (χ4v) is 5.45. The van der Waals surface area contributed by atoms with Crippen LogP contribution in [0, 0.1) is 0 Å². The number of amides is 2. The number of rotatable bonds is 3. The highest BCUT2D eigenvalue weighted by atomic mass is 32.1. The summed E-state index contributed by atoms with van der Waals surface area (Å²) in [5.74, 6) is 0.286. The average molecular weight is 458 g/mol. The number of nitrogens with zero attached hydrogens (tertiary/aromatic N) is 2. The minimum atomic E-state index is -0.628. The number of carbonyl (C=O) groups is 2. The minimum absolute atomic E-state index is 0.127. The number of thiazole rings is 1. The van der Waals surface area contributed by atoms with Crippen LogP contribution in [0.15, 0.2) is 66.7 Å². The van der Waals surface area contributed by atoms with E-state index in [4.69, 9.17) is 9.47 Å². The number of hydrogen-bond acceptors (Lipinski definition) is 6. The lowest BCUT2D eigenvalue weighted by molar-refractivity contribution is -0.119. The van der Waals surface area contributed by atoms with Crippen LogP contribution < -0.4 is 14.8 Å². The first-order chi connectivity index (χ1) is 16.1. The smallest absolute Gasteiger partial charge is 0.254 e. The lowest BCUT2D eigenvalue weighted by Crippen LogP contribution is -2.44. The largest absolute Gasteiger partial charge is 0.454 e. The first-order valence-corrected chi connectivity index (χ1v) is 11.3. The Hall–Kier alpha value is -3.91. The predicted octanol–water partition coefficient (Wildman–Crippen LogP) is 4.57. The van der Waals surface area contributed by atoms with Crippen LogP contribution in [0.25, 0.3) is 10.2 Å². The van der Waals surface area contributed by atoms with Crippen molar-refractivity contribution in [2.24, 2.45) is 0 Å². The maximum Gasteiger partial charge on any atom is 0.254 e. The monoisotopic (exact) mass is 457 g/mol. The Morgan fingerprint density at radius 3 is 2.73 bits per heavy atom. The summed E-state index contributed by atoms with van der Waals surface area (Å²) in [4.78, 5) is 33.1. The lowest BCUT2D eigenvalue weighted by Gasteiger charge is -2.39. The van der Waals surface area contributed by atoms with Crippen LogP contribution in [0.3, 0.4) is 0 Å². The number of hydrogen-bond donors (Lipinski definition) is 1. The number of ether oxygens (including phenoxy) is 2. The molecule has 8 heteroatoms. The Kier molecular flexibility index (Phi) is 4.55. The van der Waals surface area contributed by atoms with Crippen molar-refractivity contribution in [2.75, 3.05) is 19.2 Å². The highest BCUT2D eigenvalue weighted by Crippen LogP contribution is 2.45. The highest BCUT2D eigenvalue weighted by molar-refractivity contribution is 7.22. The van der Waals surface area contributed by atoms with Gasteiger partial charge in [0.05, 0.1) is 22.2 Å². The van der Waals surface area contributed by atoms with Gasteiger partial charge in [-0.3, -0.25) is 9.59 Å². The van der Waals surface area contributed by atoms with E-state index >= 15 is 0 Å². The molecule has 3 aromatic carbocycles. The van der Waals surface area contributed by atoms with Crippen LogP contribution >= 0.6 is 11.3 Å². The number of anilines is 1. The molecule has 0 radical (unpaired) electrons. The van der Waals surface area contributed by atoms with Crippen molar-refractivity contribution in [1.82, 2.24) is 9.88 Å². The van der Waals surface area contributed by atoms with Crippen molar-refractivity contribution < 1.29 is 19.1 Å². The molecule has 1 aromatic heterocycles. The van der Waals surface area contributed by atoms with Crippen molar-refractivity contribution in [1.29, 1.82) is 0 Å². The highest BCUT2D eigenvalue weighted by Gasteiger charge is 2.43. The van der Waals surface area contributed by atoms with E-state index in [1.54, 1.807) is 18.0 Å². The van der Waals surface area contributed by atoms with Gasteiger partial charge in [0.25, 0.3) is 5.91 Å². The van der Waals surface area contributed by atoms with Crippen molar-refractivity contribution in [3.63, 3.8) is 0 Å². The van der Waals surface area contributed by atoms with Crippen LogP contribution in [0.1, 0.15) is 33.4 Å². The Morgan fingerprint density at radius 1 is 1.06 bits per heavy atom. The topological polar surface area (TPSA) is 80.8 Å². The van der Waals surface area contributed by atoms with Gasteiger partial charge in [0.15, 0.2) is 16.6 Å². The summed E-state index contributed by atoms with van der Waals surface area (Å²) in [5, 5.41) is 3.53. The van der Waals surface area contributed by atoms with Gasteiger partial charge in [-0.15, -0.1) is 0 Å². The van der Waals surface area contributed by atoms with Gasteiger partial charge in [0.1, 0.15) is 0 Å². The fourth-order valence-electron chi connectivity index (χ4n) is 4.58. The normalized spacial score (nSPS) is 18.9. The molecule has 4 aromatic rings. The fraction of sp³-hybridized carbons (Fsp3) is 0.160. The second-order valence-electron chi connectivity index (χ2n) is 8.01. The summed E-state index contributed by atoms with van der Waals surface area (Å²) >= 11 is 1.43. The molecular formula is C25H19N3O4S. The maximum absolute atomic E-state index is 13.7. The quantitative estimate of drug-likeness (QED) is 0.487. The molecule has 2 atom stereocenters. The molecular weight excluding hydrogens is 438 g/mol. The third kappa shape index (κ3) is 3.22. The molecule has 0 saturated carbocycles. The molecule has 0 aliphatic carbocycles. The third-order valence-corrected chi connectivity index (χ3v) is 7.08. The van der Waals surface area contributed by atoms with E-state index in [9.17, 15) is 9.59 Å². The molecule has 2 aliphatic rings. The van der Waals surface area contributed by atoms with Gasteiger partial charge in [0.2, 0.25) is 12.7 Å². The van der Waals surface area contributed by atoms with E-state index in [0.29, 0.717) is 27.8 Å². The van der Waals surface area contributed by atoms with Crippen LogP contribution in [0.2, 0.25) is 0 Å². The molecule has 3 heterocycles. The lowest BCUT2D eigenvalue weighted by atomic mass is 9.79. The number of benzene rings is 3. The zero-order valence-corrected chi connectivity index (χ0v) is 18.5. The van der Waals surface area contributed by atoms with Gasteiger partial charge in [-0.05, 0) is 41.5 Å². The van der Waals surface area contributed by atoms with E-state index in [2.05, 4.69) is 10.3 Å². The Bertz CT molecular complexity index is 1380. The number of fused-ring (bicyclic) bond motifs is 3. The van der Waals surface area contributed by atoms with Crippen molar-refractivity contribution in [3.05, 3.63) is 83.4 Å². The van der Waals surface area contributed by atoms with Crippen molar-refractivity contribution in [2.45, 2.75) is 12.0 Å². The van der Waals surface area contributed by atoms with Gasteiger partial charge in [0, 0.05) is 12.6 Å². The second kappa shape index (κ2) is 7.60. The first kappa shape index (κ1) is 19.8. The number of carbonyl (C=O) groups excluding carboxylic acids is 2. The molecule has 0 unspecified atom stereocenters. The molecule has 2 aliphatic heterocycles. The number of likely N-dealkylation sites (N-methyl/N-ethyl adjacent to an activating group) is 1. The van der Waals surface area contributed by atoms with E-state index in [0.717, 1.165) is 15.8 Å². The molecule has 1 N–H and O–H groups in total. The number of para-hydroxylation sites is 1. The molecule has 0 bridgehead atoms. The van der Waals surface area contributed by atoms with Crippen LogP contribution in [0.5, 0.6) is 11.5 Å². The summed E-state index contributed by atoms with van der Waals surface area (Å²) in [6.07, 6.45) is 0. The van der Waals surface area contributed by atoms with E-state index in [1.165, 1.54) is 11.3 Å². The molecule has 164 valence electrons. The van der Waals surface area contributed by atoms with Crippen LogP contribution in [0.4, 0.5) is 5.13 Å². The molecule has 0 spiro atoms. The van der Waals surface area contributed by atoms with Gasteiger partial charge in [-0.2, -0.15) is 0 Å². The van der Waals surface area contributed by atoms with Gasteiger partial charge < -0.3 is 19.7 Å². The molecule has 33 heavy (non-hydrogen) atoms. The molecule has 2 amide bonds. The standard InChI is InChI=1S/C25H19N3O4S/c1-28-22(14-10-11-18-19(12-14)32-13-31-18)21(15-6-2-3-7-16(15)24(28)30)23(29)27-25-26-17-8-4-5-9-20(17)33-25/h2-12,21-22H,13H2,1H3,(H,26,27,29)/t21-,22-/m0/s1. The van der Waals surface area contributed by atoms with Crippen LogP contribution in [-0.2, 0) is 4.79 Å². The summed E-state index contributed by atoms with van der Waals surface area (Å²) < 4.78 is 12.0. The Labute approximate surface area is 193 Å². The number of aromatic nitrogens is 1. The maximum atomic E-state index is 13.7. The zero-order chi connectivity index (χ0) is 22.5. The summed E-state index contributed by atoms with van der Waals surface area (Å²) in [7, 11) is 1.73. The van der Waals surface area contributed by atoms with Crippen molar-refractivity contribution in [3.8, 4) is 11.5 Å². The first-order valence-electron chi connectivity index (χ1n) is 10.5. The van der Waals surface area contributed by atoms with Crippen molar-refractivity contribution >= 4 is 38.5 Å². The Morgan fingerprint density at radius 2 is 1.85 bits per heavy atom. The van der Waals surface area contributed by atoms with Gasteiger partial charge >= 0.3 is 0 Å². The SMILES string of the molecule is CN1C(=O)c2ccccc2[C@H](C(=O)Nc2nc3ccccc3s2)[C@@H]1c1ccc2c(c1)OCO2. The molecule has 0 saturated heterocycles. The molecule has 6 rings (SSSR count). The third-order valence-electron chi connectivity index (χ3n) is 6.12. The molecule has 7 nitrogen and oxygen atoms in total. The summed E-state index contributed by atoms with van der Waals surface area (Å²) in [6, 6.07) is 20.1. The number of nitrogens with one attached hydrogen (secondary N) is 1. The van der Waals surface area contributed by atoms with E-state index in [1.807, 2.05) is 60.7 Å². The average Bonchev–Trinajstić information content (AvgIpc) is 3.46. The van der Waals surface area contributed by atoms with E-state index < -0.39 is 12.0 Å². The summed E-state index contributed by atoms with van der Waals surface area (Å²) in [6.45, 7) is 0.155. The molecule has 0 fully saturated rings. The van der Waals surface area contributed by atoms with Gasteiger partial charge in [-0.25, -0.2) is 4.98 Å². The zero-order valence-electron chi connectivity index (χ0n) is 17.6. The Balaban J connectivity index is 1.44.